The van der Waals surface area contributed by atoms with Crippen LogP contribution in [0.2, 0.25) is 0 Å². The minimum absolute atomic E-state index is 0.0159. The Morgan fingerprint density at radius 1 is 1.06 bits per heavy atom. The number of carbonyl (C=O) groups excluding carboxylic acids is 1. The van der Waals surface area contributed by atoms with E-state index in [9.17, 15) is 13.2 Å². The molecule has 0 bridgehead atoms. The summed E-state index contributed by atoms with van der Waals surface area (Å²) >= 11 is 0. The van der Waals surface area contributed by atoms with Gasteiger partial charge in [-0.05, 0) is 25.1 Å². The molecule has 11 heteroatoms. The Bertz CT molecular complexity index is 1240. The third kappa shape index (κ3) is 5.49. The van der Waals surface area contributed by atoms with Gasteiger partial charge < -0.3 is 18.9 Å². The molecule has 0 fully saturated rings. The zero-order valence-corrected chi connectivity index (χ0v) is 19.9. The number of nitrogens with zero attached hydrogens (tertiary/aromatic N) is 4. The molecule has 0 saturated carbocycles. The molecule has 1 heterocycles. The van der Waals surface area contributed by atoms with E-state index >= 15 is 0 Å². The fraction of sp³-hybridized carbons (Fsp3) is 0.318. The van der Waals surface area contributed by atoms with Crippen molar-refractivity contribution in [2.45, 2.75) is 18.4 Å². The molecule has 3 aromatic rings. The molecule has 0 unspecified atom stereocenters. The first kappa shape index (κ1) is 24.2. The maximum Gasteiger partial charge on any atom is 0.246 e. The molecule has 0 radical (unpaired) electrons. The maximum absolute atomic E-state index is 12.9. The van der Waals surface area contributed by atoms with Crippen LogP contribution >= 0.6 is 0 Å². The number of benzene rings is 2. The number of carbonyl (C=O) groups is 1. The number of hydrogen-bond acceptors (Lipinski definition) is 8. The molecule has 1 amide bonds. The lowest BCUT2D eigenvalue weighted by molar-refractivity contribution is -0.130. The number of methoxy groups -OCH3 is 2. The second-order valence-electron chi connectivity index (χ2n) is 7.41. The van der Waals surface area contributed by atoms with Gasteiger partial charge in [0, 0.05) is 25.7 Å². The molecule has 33 heavy (non-hydrogen) atoms. The molecule has 10 nitrogen and oxygen atoms in total. The fourth-order valence-corrected chi connectivity index (χ4v) is 4.20. The van der Waals surface area contributed by atoms with Crippen molar-refractivity contribution in [2.75, 3.05) is 34.9 Å². The van der Waals surface area contributed by atoms with Crippen LogP contribution in [0.1, 0.15) is 11.5 Å². The van der Waals surface area contributed by atoms with Gasteiger partial charge in [-0.3, -0.25) is 4.79 Å². The molecule has 0 aliphatic carbocycles. The number of likely N-dealkylation sites (N-methyl/N-ethyl adjacent to an activating group) is 2. The Morgan fingerprint density at radius 2 is 1.79 bits per heavy atom. The number of amides is 1. The summed E-state index contributed by atoms with van der Waals surface area (Å²) < 4.78 is 42.4. The van der Waals surface area contributed by atoms with Crippen LogP contribution in [-0.2, 0) is 21.4 Å². The highest BCUT2D eigenvalue weighted by Crippen LogP contribution is 2.30. The average molecular weight is 475 g/mol. The highest BCUT2D eigenvalue weighted by molar-refractivity contribution is 7.89. The Balaban J connectivity index is 1.67. The number of rotatable bonds is 9. The Kier molecular flexibility index (Phi) is 7.34. The number of hydrogen-bond donors (Lipinski definition) is 0. The molecule has 0 aliphatic rings. The van der Waals surface area contributed by atoms with E-state index in [0.29, 0.717) is 11.6 Å². The lowest BCUT2D eigenvalue weighted by Crippen LogP contribution is -2.39. The minimum Gasteiger partial charge on any atom is -0.493 e. The Hall–Kier alpha value is -3.44. The molecule has 1 aromatic heterocycles. The van der Waals surface area contributed by atoms with Crippen molar-refractivity contribution in [3.8, 4) is 22.9 Å². The highest BCUT2D eigenvalue weighted by atomic mass is 32.2. The second kappa shape index (κ2) is 10.0. The summed E-state index contributed by atoms with van der Waals surface area (Å²) in [6.45, 7) is 1.64. The highest BCUT2D eigenvalue weighted by Gasteiger charge is 2.26. The van der Waals surface area contributed by atoms with Crippen molar-refractivity contribution in [2.24, 2.45) is 0 Å². The van der Waals surface area contributed by atoms with E-state index in [-0.39, 0.29) is 29.6 Å². The van der Waals surface area contributed by atoms with E-state index in [4.69, 9.17) is 14.0 Å². The van der Waals surface area contributed by atoms with Gasteiger partial charge in [-0.15, -0.1) is 0 Å². The summed E-state index contributed by atoms with van der Waals surface area (Å²) in [5.74, 6) is 0.906. The van der Waals surface area contributed by atoms with Crippen molar-refractivity contribution >= 4 is 15.9 Å². The number of sulfonamides is 1. The van der Waals surface area contributed by atoms with Gasteiger partial charge in [0.15, 0.2) is 11.5 Å². The number of aryl methyl sites for hydroxylation is 1. The molecule has 0 saturated heterocycles. The van der Waals surface area contributed by atoms with Gasteiger partial charge >= 0.3 is 0 Å². The Morgan fingerprint density at radius 3 is 2.45 bits per heavy atom. The molecule has 176 valence electrons. The monoisotopic (exact) mass is 474 g/mol. The standard InChI is InChI=1S/C22H26N4O6S/c1-15-7-6-8-16(11-15)22-23-20(32-24-22)13-25(2)21(27)14-26(3)33(28,29)17-9-10-18(30-4)19(12-17)31-5/h6-12H,13-14H2,1-5H3. The van der Waals surface area contributed by atoms with Gasteiger partial charge in [-0.25, -0.2) is 8.42 Å². The quantitative estimate of drug-likeness (QED) is 0.464. The molecule has 0 spiro atoms. The molecule has 0 atom stereocenters. The predicted molar refractivity (Wildman–Crippen MR) is 120 cm³/mol. The topological polar surface area (TPSA) is 115 Å². The van der Waals surface area contributed by atoms with E-state index < -0.39 is 15.9 Å². The lowest BCUT2D eigenvalue weighted by atomic mass is 10.1. The SMILES string of the molecule is COc1ccc(S(=O)(=O)N(C)CC(=O)N(C)Cc2nc(-c3cccc(C)c3)no2)cc1OC. The van der Waals surface area contributed by atoms with Crippen LogP contribution in [0.15, 0.2) is 51.9 Å². The summed E-state index contributed by atoms with van der Waals surface area (Å²) in [6, 6.07) is 11.9. The van der Waals surface area contributed by atoms with E-state index in [2.05, 4.69) is 10.1 Å². The normalized spacial score (nSPS) is 11.5. The van der Waals surface area contributed by atoms with Gasteiger partial charge in [0.25, 0.3) is 0 Å². The molecular formula is C22H26N4O6S. The van der Waals surface area contributed by atoms with Crippen LogP contribution in [0.4, 0.5) is 0 Å². The third-order valence-corrected chi connectivity index (χ3v) is 6.76. The second-order valence-corrected chi connectivity index (χ2v) is 9.45. The summed E-state index contributed by atoms with van der Waals surface area (Å²) in [6.07, 6.45) is 0. The number of ether oxygens (including phenoxy) is 2. The zero-order valence-electron chi connectivity index (χ0n) is 19.1. The maximum atomic E-state index is 12.9. The van der Waals surface area contributed by atoms with Crippen molar-refractivity contribution < 1.29 is 27.2 Å². The minimum atomic E-state index is -3.94. The van der Waals surface area contributed by atoms with E-state index in [1.807, 2.05) is 31.2 Å². The Labute approximate surface area is 192 Å². The van der Waals surface area contributed by atoms with Crippen molar-refractivity contribution in [1.29, 1.82) is 0 Å². The molecule has 2 aromatic carbocycles. The molecular weight excluding hydrogens is 448 g/mol. The van der Waals surface area contributed by atoms with Gasteiger partial charge in [0.05, 0.1) is 32.2 Å². The van der Waals surface area contributed by atoms with Crippen molar-refractivity contribution in [3.05, 3.63) is 53.9 Å². The van der Waals surface area contributed by atoms with Crippen molar-refractivity contribution in [1.82, 2.24) is 19.3 Å². The van der Waals surface area contributed by atoms with Gasteiger partial charge in [-0.2, -0.15) is 9.29 Å². The van der Waals surface area contributed by atoms with Gasteiger partial charge in [0.1, 0.15) is 0 Å². The first-order chi connectivity index (χ1) is 15.6. The predicted octanol–water partition coefficient (Wildman–Crippen LogP) is 2.34. The van der Waals surface area contributed by atoms with Crippen LogP contribution in [-0.4, -0.2) is 68.5 Å². The number of aromatic nitrogens is 2. The van der Waals surface area contributed by atoms with Crippen LogP contribution in [0, 0.1) is 6.92 Å². The van der Waals surface area contributed by atoms with Gasteiger partial charge in [-0.1, -0.05) is 28.9 Å². The first-order valence-electron chi connectivity index (χ1n) is 9.97. The summed E-state index contributed by atoms with van der Waals surface area (Å²) in [5.41, 5.74) is 1.87. The molecule has 0 N–H and O–H groups in total. The summed E-state index contributed by atoms with van der Waals surface area (Å²) in [5, 5.41) is 3.96. The first-order valence-corrected chi connectivity index (χ1v) is 11.4. The smallest absolute Gasteiger partial charge is 0.246 e. The lowest BCUT2D eigenvalue weighted by Gasteiger charge is -2.21. The van der Waals surface area contributed by atoms with E-state index in [0.717, 1.165) is 15.4 Å². The fourth-order valence-electron chi connectivity index (χ4n) is 3.06. The zero-order chi connectivity index (χ0) is 24.2. The van der Waals surface area contributed by atoms with Crippen LogP contribution in [0.25, 0.3) is 11.4 Å². The summed E-state index contributed by atoms with van der Waals surface area (Å²) in [7, 11) is 1.81. The van der Waals surface area contributed by atoms with Crippen LogP contribution < -0.4 is 9.47 Å². The van der Waals surface area contributed by atoms with Crippen molar-refractivity contribution in [3.63, 3.8) is 0 Å². The van der Waals surface area contributed by atoms with Gasteiger partial charge in [0.2, 0.25) is 27.6 Å². The van der Waals surface area contributed by atoms with E-state index in [1.165, 1.54) is 51.4 Å². The van der Waals surface area contributed by atoms with E-state index in [1.54, 1.807) is 0 Å². The van der Waals surface area contributed by atoms with Crippen LogP contribution in [0.3, 0.4) is 0 Å². The summed E-state index contributed by atoms with van der Waals surface area (Å²) in [4.78, 5) is 18.3. The largest absolute Gasteiger partial charge is 0.493 e. The third-order valence-electron chi connectivity index (χ3n) is 4.96. The average Bonchev–Trinajstić information content (AvgIpc) is 3.26. The van der Waals surface area contributed by atoms with Crippen LogP contribution in [0.5, 0.6) is 11.5 Å². The molecule has 3 rings (SSSR count). The molecule has 0 aliphatic heterocycles.